The number of nitrogens with one attached hydrogen (secondary N) is 2. The number of hydrazine groups is 1. The molecule has 0 spiro atoms. The second kappa shape index (κ2) is 7.82. The standard InChI is InChI=1S/C21H28N4O2/c1-24(13-18-15-7-3-2-4-9-17(15)22-23-18)21(27)14-25-12-11-20(26)16-8-5-6-10-19(16)25/h5-6,8,10-12,15,17-18,22-23H,2-4,7,9,13-14H2,1H3. The lowest BCUT2D eigenvalue weighted by Gasteiger charge is -2.26. The number of rotatable bonds is 4. The lowest BCUT2D eigenvalue weighted by atomic mass is 9.90. The smallest absolute Gasteiger partial charge is 0.242 e. The van der Waals surface area contributed by atoms with Crippen LogP contribution in [0.1, 0.15) is 32.1 Å². The summed E-state index contributed by atoms with van der Waals surface area (Å²) in [6.07, 6.45) is 8.04. The van der Waals surface area contributed by atoms with Crippen LogP contribution in [0.25, 0.3) is 10.9 Å². The second-order valence-electron chi connectivity index (χ2n) is 7.90. The fourth-order valence-electron chi connectivity index (χ4n) is 4.56. The van der Waals surface area contributed by atoms with Gasteiger partial charge in [0.25, 0.3) is 0 Å². The number of benzene rings is 1. The van der Waals surface area contributed by atoms with Crippen molar-refractivity contribution in [1.29, 1.82) is 0 Å². The molecule has 0 bridgehead atoms. The molecule has 6 heteroatoms. The molecule has 2 fully saturated rings. The van der Waals surface area contributed by atoms with E-state index in [1.165, 1.54) is 38.2 Å². The lowest BCUT2D eigenvalue weighted by molar-refractivity contribution is -0.130. The Labute approximate surface area is 159 Å². The highest BCUT2D eigenvalue weighted by Crippen LogP contribution is 2.29. The van der Waals surface area contributed by atoms with Gasteiger partial charge in [-0.3, -0.25) is 20.4 Å². The molecule has 3 atom stereocenters. The molecule has 1 aliphatic carbocycles. The Kier molecular flexibility index (Phi) is 5.27. The largest absolute Gasteiger partial charge is 0.343 e. The molecule has 1 aromatic carbocycles. The molecule has 1 amide bonds. The van der Waals surface area contributed by atoms with Crippen molar-refractivity contribution < 1.29 is 4.79 Å². The van der Waals surface area contributed by atoms with E-state index in [0.29, 0.717) is 29.9 Å². The Morgan fingerprint density at radius 2 is 1.96 bits per heavy atom. The topological polar surface area (TPSA) is 66.4 Å². The van der Waals surface area contributed by atoms with Crippen molar-refractivity contribution in [1.82, 2.24) is 20.3 Å². The highest BCUT2D eigenvalue weighted by atomic mass is 16.2. The first-order chi connectivity index (χ1) is 13.1. The monoisotopic (exact) mass is 368 g/mol. The van der Waals surface area contributed by atoms with Crippen molar-refractivity contribution in [3.63, 3.8) is 0 Å². The maximum absolute atomic E-state index is 12.8. The molecule has 1 saturated heterocycles. The van der Waals surface area contributed by atoms with Crippen LogP contribution in [0.3, 0.4) is 0 Å². The van der Waals surface area contributed by atoms with Gasteiger partial charge < -0.3 is 9.47 Å². The number of amides is 1. The van der Waals surface area contributed by atoms with E-state index in [0.717, 1.165) is 5.52 Å². The summed E-state index contributed by atoms with van der Waals surface area (Å²) in [5.41, 5.74) is 7.66. The van der Waals surface area contributed by atoms with Gasteiger partial charge in [-0.25, -0.2) is 0 Å². The minimum atomic E-state index is -0.0108. The van der Waals surface area contributed by atoms with E-state index in [4.69, 9.17) is 0 Å². The van der Waals surface area contributed by atoms with Gasteiger partial charge in [-0.05, 0) is 30.9 Å². The van der Waals surface area contributed by atoms with Crippen LogP contribution in [0, 0.1) is 5.92 Å². The van der Waals surface area contributed by atoms with E-state index in [1.807, 2.05) is 40.8 Å². The molecule has 2 aromatic rings. The number of likely N-dealkylation sites (N-methyl/N-ethyl adjacent to an activating group) is 1. The van der Waals surface area contributed by atoms with Crippen molar-refractivity contribution in [2.24, 2.45) is 5.92 Å². The van der Waals surface area contributed by atoms with Crippen molar-refractivity contribution in [2.45, 2.75) is 50.7 Å². The number of fused-ring (bicyclic) bond motifs is 2. The van der Waals surface area contributed by atoms with Gasteiger partial charge in [-0.15, -0.1) is 0 Å². The van der Waals surface area contributed by atoms with Gasteiger partial charge in [-0.1, -0.05) is 31.4 Å². The number of carbonyl (C=O) groups is 1. The van der Waals surface area contributed by atoms with Crippen molar-refractivity contribution in [3.05, 3.63) is 46.8 Å². The Balaban J connectivity index is 1.44. The summed E-state index contributed by atoms with van der Waals surface area (Å²) < 4.78 is 1.87. The molecular weight excluding hydrogens is 340 g/mol. The van der Waals surface area contributed by atoms with Gasteiger partial charge in [0.1, 0.15) is 6.54 Å². The van der Waals surface area contributed by atoms with Crippen LogP contribution in [-0.2, 0) is 11.3 Å². The first-order valence-electron chi connectivity index (χ1n) is 9.97. The van der Waals surface area contributed by atoms with Crippen molar-refractivity contribution in [3.8, 4) is 0 Å². The molecule has 2 N–H and O–H groups in total. The van der Waals surface area contributed by atoms with Crippen molar-refractivity contribution in [2.75, 3.05) is 13.6 Å². The third kappa shape index (κ3) is 3.77. The fourth-order valence-corrected chi connectivity index (χ4v) is 4.56. The Bertz CT molecular complexity index is 878. The van der Waals surface area contributed by atoms with Gasteiger partial charge in [0.05, 0.1) is 5.52 Å². The van der Waals surface area contributed by atoms with Gasteiger partial charge >= 0.3 is 0 Å². The quantitative estimate of drug-likeness (QED) is 0.865. The van der Waals surface area contributed by atoms with E-state index in [1.54, 1.807) is 6.20 Å². The normalized spacial score (nSPS) is 25.1. The summed E-state index contributed by atoms with van der Waals surface area (Å²) in [5.74, 6) is 0.652. The predicted octanol–water partition coefficient (Wildman–Crippen LogP) is 1.89. The molecule has 6 nitrogen and oxygen atoms in total. The van der Waals surface area contributed by atoms with Crippen LogP contribution in [0.15, 0.2) is 41.3 Å². The second-order valence-corrected chi connectivity index (χ2v) is 7.90. The molecule has 0 radical (unpaired) electrons. The number of hydrogen-bond donors (Lipinski definition) is 2. The Morgan fingerprint density at radius 1 is 1.15 bits per heavy atom. The van der Waals surface area contributed by atoms with E-state index in [9.17, 15) is 9.59 Å². The number of pyridine rings is 1. The number of nitrogens with zero attached hydrogens (tertiary/aromatic N) is 2. The van der Waals surface area contributed by atoms with Crippen LogP contribution in [0.4, 0.5) is 0 Å². The van der Waals surface area contributed by atoms with E-state index in [2.05, 4.69) is 10.9 Å². The molecule has 1 aromatic heterocycles. The van der Waals surface area contributed by atoms with Gasteiger partial charge in [0.2, 0.25) is 5.91 Å². The number of carbonyl (C=O) groups excluding carboxylic acids is 1. The number of para-hydroxylation sites is 1. The highest BCUT2D eigenvalue weighted by Gasteiger charge is 2.37. The predicted molar refractivity (Wildman–Crippen MR) is 106 cm³/mol. The average Bonchev–Trinajstić information content (AvgIpc) is 2.90. The molecule has 2 aliphatic rings. The van der Waals surface area contributed by atoms with E-state index >= 15 is 0 Å². The van der Waals surface area contributed by atoms with Crippen LogP contribution in [-0.4, -0.2) is 41.1 Å². The van der Waals surface area contributed by atoms with Crippen LogP contribution in [0.5, 0.6) is 0 Å². The molecule has 4 rings (SSSR count). The van der Waals surface area contributed by atoms with Crippen LogP contribution in [0.2, 0.25) is 0 Å². The van der Waals surface area contributed by atoms with Gasteiger partial charge in [-0.2, -0.15) is 0 Å². The van der Waals surface area contributed by atoms with E-state index in [-0.39, 0.29) is 17.9 Å². The molecule has 1 aliphatic heterocycles. The maximum Gasteiger partial charge on any atom is 0.242 e. The van der Waals surface area contributed by atoms with E-state index < -0.39 is 0 Å². The molecular formula is C21H28N4O2. The Morgan fingerprint density at radius 3 is 2.85 bits per heavy atom. The van der Waals surface area contributed by atoms with Gasteiger partial charge in [0.15, 0.2) is 5.43 Å². The summed E-state index contributed by atoms with van der Waals surface area (Å²) in [4.78, 5) is 26.7. The molecule has 27 heavy (non-hydrogen) atoms. The number of hydrogen-bond acceptors (Lipinski definition) is 4. The zero-order valence-electron chi connectivity index (χ0n) is 15.9. The third-order valence-electron chi connectivity index (χ3n) is 6.13. The maximum atomic E-state index is 12.8. The SMILES string of the molecule is CN(CC1NNC2CCCCCC21)C(=O)Cn1ccc(=O)c2ccccc21. The van der Waals surface area contributed by atoms with Crippen LogP contribution < -0.4 is 16.3 Å². The third-order valence-corrected chi connectivity index (χ3v) is 6.13. The average molecular weight is 368 g/mol. The first-order valence-corrected chi connectivity index (χ1v) is 9.97. The lowest BCUT2D eigenvalue weighted by Crippen LogP contribution is -2.44. The summed E-state index contributed by atoms with van der Waals surface area (Å²) in [6, 6.07) is 9.81. The number of aromatic nitrogens is 1. The minimum absolute atomic E-state index is 0.0108. The van der Waals surface area contributed by atoms with Crippen LogP contribution >= 0.6 is 0 Å². The molecule has 2 heterocycles. The first kappa shape index (κ1) is 18.2. The summed E-state index contributed by atoms with van der Waals surface area (Å²) >= 11 is 0. The van der Waals surface area contributed by atoms with Crippen molar-refractivity contribution >= 4 is 16.8 Å². The zero-order chi connectivity index (χ0) is 18.8. The fraction of sp³-hybridized carbons (Fsp3) is 0.524. The van der Waals surface area contributed by atoms with Gasteiger partial charge in [0, 0.05) is 43.3 Å². The minimum Gasteiger partial charge on any atom is -0.343 e. The molecule has 144 valence electrons. The summed E-state index contributed by atoms with van der Waals surface area (Å²) in [7, 11) is 1.87. The zero-order valence-corrected chi connectivity index (χ0v) is 15.9. The highest BCUT2D eigenvalue weighted by molar-refractivity contribution is 5.82. The molecule has 1 saturated carbocycles. The summed E-state index contributed by atoms with van der Waals surface area (Å²) in [6.45, 7) is 0.941. The summed E-state index contributed by atoms with van der Waals surface area (Å²) in [5, 5.41) is 0.651. The molecule has 3 unspecified atom stereocenters. The Hall–Kier alpha value is -2.18.